The van der Waals surface area contributed by atoms with E-state index in [2.05, 4.69) is 15.2 Å². The molecule has 0 unspecified atom stereocenters. The van der Waals surface area contributed by atoms with E-state index in [1.165, 1.54) is 0 Å². The Morgan fingerprint density at radius 2 is 2.07 bits per heavy atom. The highest BCUT2D eigenvalue weighted by Crippen LogP contribution is 2.31. The lowest BCUT2D eigenvalue weighted by Gasteiger charge is -2.26. The molecule has 1 fully saturated rings. The van der Waals surface area contributed by atoms with Crippen LogP contribution in [0, 0.1) is 0 Å². The van der Waals surface area contributed by atoms with Gasteiger partial charge in [-0.25, -0.2) is 4.98 Å². The lowest BCUT2D eigenvalue weighted by Crippen LogP contribution is -2.41. The minimum atomic E-state index is -0.0518. The molecule has 0 radical (unpaired) electrons. The maximum atomic E-state index is 12.5. The van der Waals surface area contributed by atoms with E-state index in [4.69, 9.17) is 10.5 Å². The number of thiazole rings is 1. The number of morpholine rings is 1. The molecule has 0 spiro atoms. The lowest BCUT2D eigenvalue weighted by molar-refractivity contribution is 0.0383. The number of nitrogens with one attached hydrogen (secondary N) is 1. The van der Waals surface area contributed by atoms with Gasteiger partial charge in [0.05, 0.1) is 23.4 Å². The molecule has 0 aliphatic carbocycles. The number of ether oxygens (including phenoxy) is 1. The van der Waals surface area contributed by atoms with Crippen LogP contribution in [0.5, 0.6) is 0 Å². The first-order chi connectivity index (χ1) is 13.2. The van der Waals surface area contributed by atoms with Crippen LogP contribution in [-0.4, -0.2) is 55.2 Å². The topological polar surface area (TPSA) is 80.5 Å². The second-order valence-corrected chi connectivity index (χ2v) is 7.57. The van der Waals surface area contributed by atoms with Gasteiger partial charge in [-0.2, -0.15) is 0 Å². The molecule has 1 amide bonds. The predicted molar refractivity (Wildman–Crippen MR) is 109 cm³/mol. The van der Waals surface area contributed by atoms with Crippen molar-refractivity contribution in [3.63, 3.8) is 0 Å². The molecule has 6 nitrogen and oxygen atoms in total. The van der Waals surface area contributed by atoms with E-state index in [0.717, 1.165) is 53.6 Å². The van der Waals surface area contributed by atoms with E-state index >= 15 is 0 Å². The summed E-state index contributed by atoms with van der Waals surface area (Å²) < 4.78 is 6.33. The highest BCUT2D eigenvalue weighted by Gasteiger charge is 2.13. The van der Waals surface area contributed by atoms with Gasteiger partial charge in [0.15, 0.2) is 0 Å². The fourth-order valence-corrected chi connectivity index (χ4v) is 4.12. The summed E-state index contributed by atoms with van der Waals surface area (Å²) in [5.41, 5.74) is 9.13. The summed E-state index contributed by atoms with van der Waals surface area (Å²) in [4.78, 5) is 19.4. The SMILES string of the molecule is Nc1cccc(-c2nc3ccc(C(=O)NCCN4CCOCC4)cc3s2)c1. The fraction of sp³-hybridized carbons (Fsp3) is 0.300. The molecule has 1 aliphatic heterocycles. The van der Waals surface area contributed by atoms with Gasteiger partial charge in [0, 0.05) is 43.0 Å². The molecule has 2 aromatic carbocycles. The summed E-state index contributed by atoms with van der Waals surface area (Å²) in [7, 11) is 0. The number of aromatic nitrogens is 1. The second kappa shape index (κ2) is 8.04. The number of fused-ring (bicyclic) bond motifs is 1. The summed E-state index contributed by atoms with van der Waals surface area (Å²) in [5, 5.41) is 3.91. The molecule has 1 aliphatic rings. The summed E-state index contributed by atoms with van der Waals surface area (Å²) in [6, 6.07) is 13.3. The van der Waals surface area contributed by atoms with Crippen molar-refractivity contribution < 1.29 is 9.53 Å². The molecular weight excluding hydrogens is 360 g/mol. The number of hydrogen-bond acceptors (Lipinski definition) is 6. The average Bonchev–Trinajstić information content (AvgIpc) is 3.12. The van der Waals surface area contributed by atoms with E-state index in [1.807, 2.05) is 42.5 Å². The van der Waals surface area contributed by atoms with Crippen molar-refractivity contribution in [2.24, 2.45) is 0 Å². The zero-order chi connectivity index (χ0) is 18.6. The zero-order valence-corrected chi connectivity index (χ0v) is 15.8. The molecule has 0 atom stereocenters. The maximum Gasteiger partial charge on any atom is 0.251 e. The molecule has 4 rings (SSSR count). The molecule has 1 aromatic heterocycles. The quantitative estimate of drug-likeness (QED) is 0.663. The van der Waals surface area contributed by atoms with Crippen molar-refractivity contribution in [3.05, 3.63) is 48.0 Å². The van der Waals surface area contributed by atoms with Gasteiger partial charge in [0.25, 0.3) is 5.91 Å². The minimum Gasteiger partial charge on any atom is -0.399 e. The van der Waals surface area contributed by atoms with E-state index < -0.39 is 0 Å². The third-order valence-corrected chi connectivity index (χ3v) is 5.67. The van der Waals surface area contributed by atoms with Crippen LogP contribution in [0.2, 0.25) is 0 Å². The van der Waals surface area contributed by atoms with E-state index in [0.29, 0.717) is 17.8 Å². The predicted octanol–water partition coefficient (Wildman–Crippen LogP) is 2.61. The minimum absolute atomic E-state index is 0.0518. The van der Waals surface area contributed by atoms with Crippen molar-refractivity contribution in [1.82, 2.24) is 15.2 Å². The molecule has 1 saturated heterocycles. The Labute approximate surface area is 162 Å². The number of nitrogens with zero attached hydrogens (tertiary/aromatic N) is 2. The first-order valence-corrected chi connectivity index (χ1v) is 9.85. The molecule has 0 saturated carbocycles. The molecule has 140 valence electrons. The third-order valence-electron chi connectivity index (χ3n) is 4.60. The summed E-state index contributed by atoms with van der Waals surface area (Å²) >= 11 is 1.57. The normalized spacial score (nSPS) is 15.1. The average molecular weight is 382 g/mol. The molecule has 0 bridgehead atoms. The van der Waals surface area contributed by atoms with Gasteiger partial charge in [0.1, 0.15) is 5.01 Å². The number of benzene rings is 2. The maximum absolute atomic E-state index is 12.5. The van der Waals surface area contributed by atoms with E-state index in [-0.39, 0.29) is 5.91 Å². The lowest BCUT2D eigenvalue weighted by atomic mass is 10.2. The van der Waals surface area contributed by atoms with Crippen molar-refractivity contribution in [2.75, 3.05) is 45.1 Å². The second-order valence-electron chi connectivity index (χ2n) is 6.54. The van der Waals surface area contributed by atoms with Crippen LogP contribution >= 0.6 is 11.3 Å². The smallest absolute Gasteiger partial charge is 0.251 e. The summed E-state index contributed by atoms with van der Waals surface area (Å²) in [6.45, 7) is 4.87. The number of rotatable bonds is 5. The van der Waals surface area contributed by atoms with Crippen LogP contribution in [0.4, 0.5) is 5.69 Å². The Hall–Kier alpha value is -2.48. The highest BCUT2D eigenvalue weighted by molar-refractivity contribution is 7.21. The van der Waals surface area contributed by atoms with Crippen LogP contribution in [0.3, 0.4) is 0 Å². The van der Waals surface area contributed by atoms with Gasteiger partial charge in [-0.05, 0) is 30.3 Å². The largest absolute Gasteiger partial charge is 0.399 e. The Morgan fingerprint density at radius 1 is 1.22 bits per heavy atom. The van der Waals surface area contributed by atoms with Crippen LogP contribution in [0.25, 0.3) is 20.8 Å². The Bertz CT molecular complexity index is 950. The molecule has 3 N–H and O–H groups in total. The first kappa shape index (κ1) is 17.9. The van der Waals surface area contributed by atoms with Gasteiger partial charge in [-0.1, -0.05) is 12.1 Å². The van der Waals surface area contributed by atoms with Gasteiger partial charge in [-0.3, -0.25) is 9.69 Å². The van der Waals surface area contributed by atoms with Crippen molar-refractivity contribution >= 4 is 33.1 Å². The van der Waals surface area contributed by atoms with E-state index in [9.17, 15) is 4.79 Å². The van der Waals surface area contributed by atoms with Crippen LogP contribution < -0.4 is 11.1 Å². The molecule has 2 heterocycles. The Morgan fingerprint density at radius 3 is 2.89 bits per heavy atom. The van der Waals surface area contributed by atoms with Crippen molar-refractivity contribution in [3.8, 4) is 10.6 Å². The monoisotopic (exact) mass is 382 g/mol. The molecular formula is C20H22N4O2S. The standard InChI is InChI=1S/C20H22N4O2S/c21-16-3-1-2-15(12-16)20-23-17-5-4-14(13-18(17)27-20)19(25)22-6-7-24-8-10-26-11-9-24/h1-5,12-13H,6-11,21H2,(H,22,25). The Kier molecular flexibility index (Phi) is 5.33. The third kappa shape index (κ3) is 4.27. The number of carbonyl (C=O) groups is 1. The van der Waals surface area contributed by atoms with Crippen LogP contribution in [0.1, 0.15) is 10.4 Å². The number of hydrogen-bond donors (Lipinski definition) is 2. The zero-order valence-electron chi connectivity index (χ0n) is 15.0. The van der Waals surface area contributed by atoms with Crippen LogP contribution in [-0.2, 0) is 4.74 Å². The van der Waals surface area contributed by atoms with E-state index in [1.54, 1.807) is 11.3 Å². The van der Waals surface area contributed by atoms with Gasteiger partial charge < -0.3 is 15.8 Å². The summed E-state index contributed by atoms with van der Waals surface area (Å²) in [5.74, 6) is -0.0518. The van der Waals surface area contributed by atoms with Gasteiger partial charge >= 0.3 is 0 Å². The molecule has 3 aromatic rings. The Balaban J connectivity index is 1.43. The number of nitrogen functional groups attached to an aromatic ring is 1. The van der Waals surface area contributed by atoms with Crippen molar-refractivity contribution in [1.29, 1.82) is 0 Å². The number of amides is 1. The molecule has 7 heteroatoms. The van der Waals surface area contributed by atoms with Gasteiger partial charge in [-0.15, -0.1) is 11.3 Å². The molecule has 27 heavy (non-hydrogen) atoms. The summed E-state index contributed by atoms with van der Waals surface area (Å²) in [6.07, 6.45) is 0. The number of carbonyl (C=O) groups excluding carboxylic acids is 1. The number of anilines is 1. The highest BCUT2D eigenvalue weighted by atomic mass is 32.1. The van der Waals surface area contributed by atoms with Gasteiger partial charge in [0.2, 0.25) is 0 Å². The number of nitrogens with two attached hydrogens (primary N) is 1. The van der Waals surface area contributed by atoms with Crippen molar-refractivity contribution in [2.45, 2.75) is 0 Å². The van der Waals surface area contributed by atoms with Crippen LogP contribution in [0.15, 0.2) is 42.5 Å². The fourth-order valence-electron chi connectivity index (χ4n) is 3.12. The first-order valence-electron chi connectivity index (χ1n) is 9.04.